The molecule has 0 aliphatic carbocycles. The molecule has 0 amide bonds. The average molecular weight is 216 g/mol. The zero-order valence-corrected chi connectivity index (χ0v) is 10.1. The van der Waals surface area contributed by atoms with E-state index in [1.165, 1.54) is 16.5 Å². The van der Waals surface area contributed by atoms with Gasteiger partial charge in [0.25, 0.3) is 0 Å². The number of nitrogens with zero attached hydrogens (tertiary/aromatic N) is 1. The first kappa shape index (κ1) is 11.2. The Balaban J connectivity index is 2.44. The summed E-state index contributed by atoms with van der Waals surface area (Å²) in [5.74, 6) is 0.675. The fourth-order valence-electron chi connectivity index (χ4n) is 2.21. The van der Waals surface area contributed by atoms with E-state index in [0.717, 1.165) is 13.0 Å². The highest BCUT2D eigenvalue weighted by Crippen LogP contribution is 2.21. The highest BCUT2D eigenvalue weighted by molar-refractivity contribution is 5.83. The van der Waals surface area contributed by atoms with E-state index in [4.69, 9.17) is 5.73 Å². The summed E-state index contributed by atoms with van der Waals surface area (Å²) < 4.78 is 2.33. The maximum Gasteiger partial charge on any atom is 0.0483 e. The van der Waals surface area contributed by atoms with Crippen molar-refractivity contribution in [2.45, 2.75) is 26.8 Å². The summed E-state index contributed by atoms with van der Waals surface area (Å²) in [7, 11) is 0. The molecule has 0 fully saturated rings. The van der Waals surface area contributed by atoms with Crippen LogP contribution in [0.25, 0.3) is 10.9 Å². The van der Waals surface area contributed by atoms with Gasteiger partial charge in [0, 0.05) is 23.6 Å². The maximum atomic E-state index is 5.63. The third kappa shape index (κ3) is 2.12. The van der Waals surface area contributed by atoms with Gasteiger partial charge in [-0.05, 0) is 36.6 Å². The third-order valence-electron chi connectivity index (χ3n) is 2.88. The first-order valence-corrected chi connectivity index (χ1v) is 5.99. The van der Waals surface area contributed by atoms with Crippen molar-refractivity contribution in [3.63, 3.8) is 0 Å². The van der Waals surface area contributed by atoms with Crippen LogP contribution < -0.4 is 5.73 Å². The highest BCUT2D eigenvalue weighted by Gasteiger charge is 2.05. The van der Waals surface area contributed by atoms with Crippen LogP contribution >= 0.6 is 0 Å². The van der Waals surface area contributed by atoms with Gasteiger partial charge in [0.15, 0.2) is 0 Å². The highest BCUT2D eigenvalue weighted by atomic mass is 15.0. The van der Waals surface area contributed by atoms with Crippen molar-refractivity contribution in [2.24, 2.45) is 11.7 Å². The molecular formula is C14H20N2. The standard InChI is InChI=1S/C14H20N2/c1-11(2)10-16-9-7-13-12(6-8-15)4-3-5-14(13)16/h3-5,7,9,11H,6,8,10,15H2,1-2H3. The van der Waals surface area contributed by atoms with Crippen LogP contribution in [0.2, 0.25) is 0 Å². The van der Waals surface area contributed by atoms with Crippen molar-refractivity contribution in [3.05, 3.63) is 36.0 Å². The Bertz CT molecular complexity index is 469. The Morgan fingerprint density at radius 2 is 2.06 bits per heavy atom. The van der Waals surface area contributed by atoms with Crippen LogP contribution in [0.5, 0.6) is 0 Å². The monoisotopic (exact) mass is 216 g/mol. The molecule has 0 saturated heterocycles. The first-order chi connectivity index (χ1) is 7.72. The lowest BCUT2D eigenvalue weighted by atomic mass is 10.1. The lowest BCUT2D eigenvalue weighted by Gasteiger charge is -2.09. The lowest BCUT2D eigenvalue weighted by Crippen LogP contribution is -2.04. The van der Waals surface area contributed by atoms with Crippen molar-refractivity contribution in [1.29, 1.82) is 0 Å². The van der Waals surface area contributed by atoms with Crippen LogP contribution in [0.3, 0.4) is 0 Å². The van der Waals surface area contributed by atoms with Crippen LogP contribution in [-0.4, -0.2) is 11.1 Å². The molecule has 2 N–H and O–H groups in total. The van der Waals surface area contributed by atoms with Gasteiger partial charge in [-0.1, -0.05) is 26.0 Å². The Labute approximate surface area is 97.1 Å². The van der Waals surface area contributed by atoms with E-state index in [2.05, 4.69) is 48.9 Å². The molecule has 0 aliphatic rings. The SMILES string of the molecule is CC(C)Cn1ccc2c(CCN)cccc21. The Morgan fingerprint density at radius 1 is 1.25 bits per heavy atom. The first-order valence-electron chi connectivity index (χ1n) is 5.99. The van der Waals surface area contributed by atoms with Gasteiger partial charge in [0.05, 0.1) is 0 Å². The molecule has 2 nitrogen and oxygen atoms in total. The van der Waals surface area contributed by atoms with Gasteiger partial charge in [0.1, 0.15) is 0 Å². The van der Waals surface area contributed by atoms with E-state index in [-0.39, 0.29) is 0 Å². The van der Waals surface area contributed by atoms with E-state index >= 15 is 0 Å². The van der Waals surface area contributed by atoms with E-state index in [1.807, 2.05) is 0 Å². The van der Waals surface area contributed by atoms with Crippen molar-refractivity contribution < 1.29 is 0 Å². The predicted molar refractivity (Wildman–Crippen MR) is 69.5 cm³/mol. The van der Waals surface area contributed by atoms with Crippen LogP contribution in [0.4, 0.5) is 0 Å². The molecule has 0 saturated carbocycles. The van der Waals surface area contributed by atoms with Gasteiger partial charge < -0.3 is 10.3 Å². The molecule has 0 unspecified atom stereocenters. The zero-order chi connectivity index (χ0) is 11.5. The summed E-state index contributed by atoms with van der Waals surface area (Å²) in [6, 6.07) is 8.71. The Kier molecular flexibility index (Phi) is 3.30. The molecule has 0 radical (unpaired) electrons. The minimum Gasteiger partial charge on any atom is -0.347 e. The number of hydrogen-bond acceptors (Lipinski definition) is 1. The van der Waals surface area contributed by atoms with Gasteiger partial charge in [-0.15, -0.1) is 0 Å². The number of benzene rings is 1. The fourth-order valence-corrected chi connectivity index (χ4v) is 2.21. The summed E-state index contributed by atoms with van der Waals surface area (Å²) in [4.78, 5) is 0. The molecular weight excluding hydrogens is 196 g/mol. The average Bonchev–Trinajstić information content (AvgIpc) is 2.63. The van der Waals surface area contributed by atoms with Crippen molar-refractivity contribution in [2.75, 3.05) is 6.54 Å². The second-order valence-corrected chi connectivity index (χ2v) is 4.75. The molecule has 0 aliphatic heterocycles. The van der Waals surface area contributed by atoms with Crippen molar-refractivity contribution in [1.82, 2.24) is 4.57 Å². The molecule has 1 aromatic carbocycles. The minimum absolute atomic E-state index is 0.675. The molecule has 86 valence electrons. The van der Waals surface area contributed by atoms with Crippen molar-refractivity contribution >= 4 is 10.9 Å². The molecule has 1 aromatic heterocycles. The van der Waals surface area contributed by atoms with Crippen LogP contribution in [0, 0.1) is 5.92 Å². The molecule has 2 rings (SSSR count). The van der Waals surface area contributed by atoms with E-state index in [9.17, 15) is 0 Å². The third-order valence-corrected chi connectivity index (χ3v) is 2.88. The quantitative estimate of drug-likeness (QED) is 0.837. The van der Waals surface area contributed by atoms with Gasteiger partial charge in [-0.25, -0.2) is 0 Å². The summed E-state index contributed by atoms with van der Waals surface area (Å²) >= 11 is 0. The second-order valence-electron chi connectivity index (χ2n) is 4.75. The molecule has 1 heterocycles. The van der Waals surface area contributed by atoms with Crippen LogP contribution in [-0.2, 0) is 13.0 Å². The van der Waals surface area contributed by atoms with E-state index in [1.54, 1.807) is 0 Å². The molecule has 0 bridgehead atoms. The number of fused-ring (bicyclic) bond motifs is 1. The number of aromatic nitrogens is 1. The predicted octanol–water partition coefficient (Wildman–Crippen LogP) is 2.80. The van der Waals surface area contributed by atoms with E-state index < -0.39 is 0 Å². The molecule has 0 atom stereocenters. The largest absolute Gasteiger partial charge is 0.347 e. The smallest absolute Gasteiger partial charge is 0.0483 e. The Morgan fingerprint density at radius 3 is 2.75 bits per heavy atom. The molecule has 2 aromatic rings. The summed E-state index contributed by atoms with van der Waals surface area (Å²) in [5, 5.41) is 1.36. The van der Waals surface area contributed by atoms with Crippen LogP contribution in [0.1, 0.15) is 19.4 Å². The van der Waals surface area contributed by atoms with Crippen molar-refractivity contribution in [3.8, 4) is 0 Å². The fraction of sp³-hybridized carbons (Fsp3) is 0.429. The van der Waals surface area contributed by atoms with Gasteiger partial charge in [-0.2, -0.15) is 0 Å². The van der Waals surface area contributed by atoms with E-state index in [0.29, 0.717) is 12.5 Å². The molecule has 2 heteroatoms. The normalized spacial score (nSPS) is 11.5. The summed E-state index contributed by atoms with van der Waals surface area (Å²) in [5.41, 5.74) is 8.33. The maximum absolute atomic E-state index is 5.63. The zero-order valence-electron chi connectivity index (χ0n) is 10.1. The molecule has 16 heavy (non-hydrogen) atoms. The minimum atomic E-state index is 0.675. The van der Waals surface area contributed by atoms with Gasteiger partial charge >= 0.3 is 0 Å². The summed E-state index contributed by atoms with van der Waals surface area (Å²) in [6.07, 6.45) is 3.15. The number of hydrogen-bond donors (Lipinski definition) is 1. The Hall–Kier alpha value is -1.28. The summed E-state index contributed by atoms with van der Waals surface area (Å²) in [6.45, 7) is 6.29. The van der Waals surface area contributed by atoms with Crippen LogP contribution in [0.15, 0.2) is 30.5 Å². The molecule has 0 spiro atoms. The second kappa shape index (κ2) is 4.71. The lowest BCUT2D eigenvalue weighted by molar-refractivity contribution is 0.535. The van der Waals surface area contributed by atoms with Gasteiger partial charge in [0.2, 0.25) is 0 Å². The topological polar surface area (TPSA) is 30.9 Å². The van der Waals surface area contributed by atoms with Gasteiger partial charge in [-0.3, -0.25) is 0 Å². The number of rotatable bonds is 4. The number of nitrogens with two attached hydrogens (primary N) is 1.